The molecule has 0 bridgehead atoms. The van der Waals surface area contributed by atoms with E-state index in [1.165, 1.54) is 51.4 Å². The van der Waals surface area contributed by atoms with Crippen molar-refractivity contribution in [1.82, 2.24) is 0 Å². The topological polar surface area (TPSA) is 79.2 Å². The van der Waals surface area contributed by atoms with Crippen molar-refractivity contribution in [2.75, 3.05) is 6.61 Å². The lowest BCUT2D eigenvalue weighted by Crippen LogP contribution is -2.57. The van der Waals surface area contributed by atoms with Crippen LogP contribution in [0.25, 0.3) is 0 Å². The van der Waals surface area contributed by atoms with Crippen LogP contribution in [-0.2, 0) is 9.47 Å². The molecule has 5 nitrogen and oxygen atoms in total. The Hall–Kier alpha value is -0.200. The zero-order valence-electron chi connectivity index (χ0n) is 14.8. The molecule has 1 heterocycles. The second-order valence-corrected chi connectivity index (χ2v) is 6.73. The van der Waals surface area contributed by atoms with Crippen molar-refractivity contribution in [3.63, 3.8) is 0 Å². The van der Waals surface area contributed by atoms with Crippen molar-refractivity contribution in [2.24, 2.45) is 0 Å². The van der Waals surface area contributed by atoms with Gasteiger partial charge in [-0.25, -0.2) is 0 Å². The van der Waals surface area contributed by atoms with Crippen LogP contribution in [0.15, 0.2) is 0 Å². The third kappa shape index (κ3) is 7.94. The maximum absolute atomic E-state index is 9.92. The molecule has 0 amide bonds. The van der Waals surface area contributed by atoms with E-state index in [9.17, 15) is 15.3 Å². The molecule has 1 fully saturated rings. The molecule has 0 spiro atoms. The molecule has 0 aliphatic carbocycles. The van der Waals surface area contributed by atoms with Crippen LogP contribution < -0.4 is 0 Å². The van der Waals surface area contributed by atoms with Crippen molar-refractivity contribution >= 4 is 0 Å². The molecule has 0 aromatic carbocycles. The summed E-state index contributed by atoms with van der Waals surface area (Å²) in [4.78, 5) is 0. The normalized spacial score (nSPS) is 31.4. The van der Waals surface area contributed by atoms with Crippen LogP contribution in [0.4, 0.5) is 0 Å². The average Bonchev–Trinajstić information content (AvgIpc) is 2.53. The molecule has 23 heavy (non-hydrogen) atoms. The van der Waals surface area contributed by atoms with Crippen molar-refractivity contribution in [3.05, 3.63) is 0 Å². The fraction of sp³-hybridized carbons (Fsp3) is 1.00. The first-order chi connectivity index (χ1) is 11.1. The van der Waals surface area contributed by atoms with E-state index >= 15 is 0 Å². The number of unbranched alkanes of at least 4 members (excludes halogenated alkanes) is 9. The number of hydrogen-bond donors (Lipinski definition) is 3. The molecular weight excluding hydrogens is 296 g/mol. The number of aliphatic hydroxyl groups excluding tert-OH is 3. The van der Waals surface area contributed by atoms with Gasteiger partial charge in [0, 0.05) is 6.61 Å². The lowest BCUT2D eigenvalue weighted by Gasteiger charge is -2.39. The minimum Gasteiger partial charge on any atom is -0.388 e. The minimum absolute atomic E-state index is 0.472. The highest BCUT2D eigenvalue weighted by molar-refractivity contribution is 4.87. The molecule has 0 saturated carbocycles. The van der Waals surface area contributed by atoms with Gasteiger partial charge in [-0.1, -0.05) is 64.7 Å². The molecule has 1 saturated heterocycles. The van der Waals surface area contributed by atoms with Crippen LogP contribution in [0.3, 0.4) is 0 Å². The molecule has 3 N–H and O–H groups in total. The van der Waals surface area contributed by atoms with Gasteiger partial charge in [0.2, 0.25) is 0 Å². The minimum atomic E-state index is -1.17. The fourth-order valence-corrected chi connectivity index (χ4v) is 3.01. The summed E-state index contributed by atoms with van der Waals surface area (Å²) in [5.74, 6) is 0. The number of rotatable bonds is 12. The molecule has 1 rings (SSSR count). The summed E-state index contributed by atoms with van der Waals surface area (Å²) < 4.78 is 10.7. The van der Waals surface area contributed by atoms with Gasteiger partial charge in [-0.05, 0) is 13.3 Å². The van der Waals surface area contributed by atoms with E-state index in [2.05, 4.69) is 6.92 Å². The van der Waals surface area contributed by atoms with E-state index in [-0.39, 0.29) is 0 Å². The van der Waals surface area contributed by atoms with Crippen molar-refractivity contribution in [2.45, 2.75) is 109 Å². The Morgan fingerprint density at radius 2 is 1.30 bits per heavy atom. The second kappa shape index (κ2) is 12.2. The van der Waals surface area contributed by atoms with E-state index in [1.54, 1.807) is 6.92 Å². The lowest BCUT2D eigenvalue weighted by atomic mass is 10.00. The summed E-state index contributed by atoms with van der Waals surface area (Å²) in [6, 6.07) is 0. The van der Waals surface area contributed by atoms with Crippen LogP contribution in [-0.4, -0.2) is 52.6 Å². The zero-order valence-corrected chi connectivity index (χ0v) is 14.8. The summed E-state index contributed by atoms with van der Waals surface area (Å²) in [5.41, 5.74) is 0. The third-order valence-corrected chi connectivity index (χ3v) is 4.61. The number of aliphatic hydroxyl groups is 3. The Balaban J connectivity index is 1.98. The first kappa shape index (κ1) is 20.8. The van der Waals surface area contributed by atoms with Gasteiger partial charge < -0.3 is 24.8 Å². The number of ether oxygens (including phenoxy) is 2. The van der Waals surface area contributed by atoms with Crippen molar-refractivity contribution < 1.29 is 24.8 Å². The van der Waals surface area contributed by atoms with Crippen LogP contribution in [0.1, 0.15) is 78.1 Å². The Kier molecular flexibility index (Phi) is 11.1. The van der Waals surface area contributed by atoms with Crippen LogP contribution in [0, 0.1) is 0 Å². The van der Waals surface area contributed by atoms with Gasteiger partial charge in [-0.3, -0.25) is 0 Å². The Labute approximate surface area is 141 Å². The Morgan fingerprint density at radius 3 is 1.87 bits per heavy atom. The van der Waals surface area contributed by atoms with Gasteiger partial charge in [-0.15, -0.1) is 0 Å². The lowest BCUT2D eigenvalue weighted by molar-refractivity contribution is -0.288. The average molecular weight is 332 g/mol. The molecular formula is C18H36O5. The molecule has 138 valence electrons. The quantitative estimate of drug-likeness (QED) is 0.479. The van der Waals surface area contributed by atoms with Gasteiger partial charge in [0.25, 0.3) is 0 Å². The Bertz CT molecular complexity index is 287. The highest BCUT2D eigenvalue weighted by Crippen LogP contribution is 2.22. The van der Waals surface area contributed by atoms with E-state index < -0.39 is 30.7 Å². The SMILES string of the molecule is CCCCCCCCCCCCO[C@@H]1[C@H](O)[C@@H](O)[C@H](C)O[C@H]1O. The van der Waals surface area contributed by atoms with E-state index in [0.29, 0.717) is 6.61 Å². The highest BCUT2D eigenvalue weighted by Gasteiger charge is 2.42. The largest absolute Gasteiger partial charge is 0.388 e. The van der Waals surface area contributed by atoms with Crippen LogP contribution in [0.2, 0.25) is 0 Å². The summed E-state index contributed by atoms with van der Waals surface area (Å²) >= 11 is 0. The van der Waals surface area contributed by atoms with Gasteiger partial charge >= 0.3 is 0 Å². The molecule has 1 aliphatic heterocycles. The predicted octanol–water partition coefficient (Wildman–Crippen LogP) is 2.75. The third-order valence-electron chi connectivity index (χ3n) is 4.61. The summed E-state index contributed by atoms with van der Waals surface area (Å²) in [5, 5.41) is 29.4. The molecule has 0 aromatic rings. The zero-order chi connectivity index (χ0) is 17.1. The van der Waals surface area contributed by atoms with Crippen LogP contribution in [0.5, 0.6) is 0 Å². The highest BCUT2D eigenvalue weighted by atomic mass is 16.7. The first-order valence-corrected chi connectivity index (χ1v) is 9.39. The van der Waals surface area contributed by atoms with E-state index in [4.69, 9.17) is 9.47 Å². The van der Waals surface area contributed by atoms with E-state index in [0.717, 1.165) is 12.8 Å². The monoisotopic (exact) mass is 332 g/mol. The van der Waals surface area contributed by atoms with Gasteiger partial charge in [0.15, 0.2) is 6.29 Å². The first-order valence-electron chi connectivity index (χ1n) is 9.39. The summed E-state index contributed by atoms with van der Waals surface area (Å²) in [6.07, 6.45) is 7.73. The standard InChI is InChI=1S/C18H36O5/c1-3-4-5-6-7-8-9-10-11-12-13-22-17-16(20)15(19)14(2)23-18(17)21/h14-21H,3-13H2,1-2H3/t14-,15-,16+,17+,18+/m0/s1. The van der Waals surface area contributed by atoms with Gasteiger partial charge in [0.05, 0.1) is 6.10 Å². The van der Waals surface area contributed by atoms with E-state index in [1.807, 2.05) is 0 Å². The van der Waals surface area contributed by atoms with Gasteiger partial charge in [0.1, 0.15) is 18.3 Å². The molecule has 1 aliphatic rings. The molecule has 0 aromatic heterocycles. The van der Waals surface area contributed by atoms with Gasteiger partial charge in [-0.2, -0.15) is 0 Å². The Morgan fingerprint density at radius 1 is 0.783 bits per heavy atom. The number of hydrogen-bond acceptors (Lipinski definition) is 5. The summed E-state index contributed by atoms with van der Waals surface area (Å²) in [6.45, 7) is 4.33. The fourth-order valence-electron chi connectivity index (χ4n) is 3.01. The van der Waals surface area contributed by atoms with Crippen molar-refractivity contribution in [1.29, 1.82) is 0 Å². The van der Waals surface area contributed by atoms with Crippen molar-refractivity contribution in [3.8, 4) is 0 Å². The molecule has 5 heteroatoms. The second-order valence-electron chi connectivity index (χ2n) is 6.73. The molecule has 0 unspecified atom stereocenters. The maximum atomic E-state index is 9.92. The maximum Gasteiger partial charge on any atom is 0.184 e. The molecule has 5 atom stereocenters. The summed E-state index contributed by atoms with van der Waals surface area (Å²) in [7, 11) is 0. The van der Waals surface area contributed by atoms with Crippen LogP contribution >= 0.6 is 0 Å². The smallest absolute Gasteiger partial charge is 0.184 e. The molecule has 0 radical (unpaired) electrons. The predicted molar refractivity (Wildman–Crippen MR) is 90.2 cm³/mol.